The Morgan fingerprint density at radius 2 is 1.41 bits per heavy atom. The van der Waals surface area contributed by atoms with Gasteiger partial charge in [0.15, 0.2) is 5.43 Å². The molecule has 7 nitrogen and oxygen atoms in total. The van der Waals surface area contributed by atoms with E-state index in [1.165, 1.54) is 12.1 Å². The van der Waals surface area contributed by atoms with Crippen LogP contribution < -0.4 is 15.5 Å². The Labute approximate surface area is 185 Å². The molecule has 4 rings (SSSR count). The molecule has 0 bridgehead atoms. The SMILES string of the molecule is CC(C)NS(=O)(=O)c1ccc(NC(=O)Cn2c3ccccc3c(=O)c3ccccc32)cc1. The van der Waals surface area contributed by atoms with Gasteiger partial charge in [0.2, 0.25) is 15.9 Å². The first kappa shape index (κ1) is 21.7. The van der Waals surface area contributed by atoms with Crippen molar-refractivity contribution in [2.75, 3.05) is 5.32 Å². The molecular weight excluding hydrogens is 426 g/mol. The van der Waals surface area contributed by atoms with E-state index in [9.17, 15) is 18.0 Å². The number of hydrogen-bond acceptors (Lipinski definition) is 4. The molecule has 164 valence electrons. The Morgan fingerprint density at radius 3 is 1.94 bits per heavy atom. The number of nitrogens with one attached hydrogen (secondary N) is 2. The molecule has 4 aromatic rings. The maximum atomic E-state index is 12.8. The van der Waals surface area contributed by atoms with Crippen LogP contribution in [0.5, 0.6) is 0 Å². The van der Waals surface area contributed by atoms with E-state index in [0.29, 0.717) is 27.5 Å². The van der Waals surface area contributed by atoms with Crippen LogP contribution in [0.25, 0.3) is 21.8 Å². The van der Waals surface area contributed by atoms with E-state index >= 15 is 0 Å². The van der Waals surface area contributed by atoms with Crippen molar-refractivity contribution in [1.29, 1.82) is 0 Å². The highest BCUT2D eigenvalue weighted by molar-refractivity contribution is 7.89. The number of nitrogens with zero attached hydrogens (tertiary/aromatic N) is 1. The van der Waals surface area contributed by atoms with E-state index in [-0.39, 0.29) is 28.8 Å². The first-order valence-electron chi connectivity index (χ1n) is 10.2. The Bertz CT molecular complexity index is 1410. The molecule has 32 heavy (non-hydrogen) atoms. The molecule has 8 heteroatoms. The van der Waals surface area contributed by atoms with Gasteiger partial charge in [0, 0.05) is 22.5 Å². The number of fused-ring (bicyclic) bond motifs is 2. The number of aromatic nitrogens is 1. The molecule has 0 saturated heterocycles. The van der Waals surface area contributed by atoms with Gasteiger partial charge in [-0.05, 0) is 62.4 Å². The quantitative estimate of drug-likeness (QED) is 0.441. The van der Waals surface area contributed by atoms with Crippen LogP contribution in [0.2, 0.25) is 0 Å². The molecule has 1 aromatic heterocycles. The van der Waals surface area contributed by atoms with E-state index in [2.05, 4.69) is 10.0 Å². The van der Waals surface area contributed by atoms with Crippen molar-refractivity contribution in [3.05, 3.63) is 83.0 Å². The lowest BCUT2D eigenvalue weighted by Gasteiger charge is -2.15. The molecule has 0 radical (unpaired) electrons. The molecule has 0 spiro atoms. The van der Waals surface area contributed by atoms with Crippen LogP contribution in [-0.4, -0.2) is 24.9 Å². The second-order valence-corrected chi connectivity index (χ2v) is 9.51. The molecule has 3 aromatic carbocycles. The van der Waals surface area contributed by atoms with Gasteiger partial charge in [0.05, 0.1) is 15.9 Å². The molecule has 0 aliphatic rings. The van der Waals surface area contributed by atoms with Crippen LogP contribution in [0.4, 0.5) is 5.69 Å². The highest BCUT2D eigenvalue weighted by Gasteiger charge is 2.16. The topological polar surface area (TPSA) is 97.3 Å². The van der Waals surface area contributed by atoms with Crippen molar-refractivity contribution in [3.8, 4) is 0 Å². The molecule has 0 aliphatic heterocycles. The van der Waals surface area contributed by atoms with Crippen LogP contribution in [0, 0.1) is 0 Å². The first-order valence-corrected chi connectivity index (χ1v) is 11.7. The summed E-state index contributed by atoms with van der Waals surface area (Å²) in [7, 11) is -3.60. The summed E-state index contributed by atoms with van der Waals surface area (Å²) >= 11 is 0. The fourth-order valence-electron chi connectivity index (χ4n) is 3.69. The molecule has 0 atom stereocenters. The lowest BCUT2D eigenvalue weighted by molar-refractivity contribution is -0.116. The van der Waals surface area contributed by atoms with Gasteiger partial charge in [-0.15, -0.1) is 0 Å². The van der Waals surface area contributed by atoms with Crippen LogP contribution in [0.15, 0.2) is 82.5 Å². The minimum atomic E-state index is -3.60. The van der Waals surface area contributed by atoms with Crippen LogP contribution in [0.1, 0.15) is 13.8 Å². The average molecular weight is 450 g/mol. The molecule has 1 heterocycles. The van der Waals surface area contributed by atoms with Crippen molar-refractivity contribution in [3.63, 3.8) is 0 Å². The number of rotatable bonds is 6. The Kier molecular flexibility index (Phi) is 5.82. The Balaban J connectivity index is 1.63. The standard InChI is InChI=1S/C24H23N3O4S/c1-16(2)26-32(30,31)18-13-11-17(12-14-18)25-23(28)15-27-21-9-5-3-7-19(21)24(29)20-8-4-6-10-22(20)27/h3-14,16,26H,15H2,1-2H3,(H,25,28). The zero-order valence-corrected chi connectivity index (χ0v) is 18.5. The minimum Gasteiger partial charge on any atom is -0.331 e. The largest absolute Gasteiger partial charge is 0.331 e. The van der Waals surface area contributed by atoms with Gasteiger partial charge in [-0.3, -0.25) is 9.59 Å². The van der Waals surface area contributed by atoms with Crippen LogP contribution >= 0.6 is 0 Å². The molecule has 0 fully saturated rings. The highest BCUT2D eigenvalue weighted by Crippen LogP contribution is 2.20. The molecule has 2 N–H and O–H groups in total. The molecule has 1 amide bonds. The van der Waals surface area contributed by atoms with Gasteiger partial charge in [-0.1, -0.05) is 24.3 Å². The molecular formula is C24H23N3O4S. The van der Waals surface area contributed by atoms with Gasteiger partial charge in [-0.2, -0.15) is 0 Å². The predicted molar refractivity (Wildman–Crippen MR) is 126 cm³/mol. The van der Waals surface area contributed by atoms with Gasteiger partial charge in [0.25, 0.3) is 0 Å². The van der Waals surface area contributed by atoms with Gasteiger partial charge in [0.1, 0.15) is 6.54 Å². The summed E-state index contributed by atoms with van der Waals surface area (Å²) in [5.74, 6) is -0.292. The second-order valence-electron chi connectivity index (χ2n) is 7.80. The predicted octanol–water partition coefficient (Wildman–Crippen LogP) is 3.48. The average Bonchev–Trinajstić information content (AvgIpc) is 2.76. The number of amides is 1. The van der Waals surface area contributed by atoms with Gasteiger partial charge < -0.3 is 9.88 Å². The molecule has 0 saturated carbocycles. The number of sulfonamides is 1. The van der Waals surface area contributed by atoms with Crippen molar-refractivity contribution in [2.45, 2.75) is 31.3 Å². The summed E-state index contributed by atoms with van der Waals surface area (Å²) in [5.41, 5.74) is 1.76. The summed E-state index contributed by atoms with van der Waals surface area (Å²) in [5, 5.41) is 3.90. The number of benzene rings is 3. The van der Waals surface area contributed by atoms with E-state index in [1.54, 1.807) is 50.2 Å². The molecule has 0 unspecified atom stereocenters. The van der Waals surface area contributed by atoms with Crippen LogP contribution in [0.3, 0.4) is 0 Å². The lowest BCUT2D eigenvalue weighted by Crippen LogP contribution is -2.30. The first-order chi connectivity index (χ1) is 15.3. The fraction of sp³-hybridized carbons (Fsp3) is 0.167. The minimum absolute atomic E-state index is 0.00371. The normalized spacial score (nSPS) is 11.8. The number of carbonyl (C=O) groups is 1. The summed E-state index contributed by atoms with van der Waals surface area (Å²) in [6.07, 6.45) is 0. The third kappa shape index (κ3) is 4.28. The van der Waals surface area contributed by atoms with Crippen molar-refractivity contribution >= 4 is 43.4 Å². The zero-order valence-electron chi connectivity index (χ0n) is 17.7. The summed E-state index contributed by atoms with van der Waals surface area (Å²) in [6, 6.07) is 20.2. The highest BCUT2D eigenvalue weighted by atomic mass is 32.2. The zero-order chi connectivity index (χ0) is 22.9. The Morgan fingerprint density at radius 1 is 0.875 bits per heavy atom. The monoisotopic (exact) mass is 449 g/mol. The van der Waals surface area contributed by atoms with E-state index in [4.69, 9.17) is 0 Å². The fourth-order valence-corrected chi connectivity index (χ4v) is 4.94. The Hall–Kier alpha value is -3.49. The maximum Gasteiger partial charge on any atom is 0.244 e. The van der Waals surface area contributed by atoms with Crippen molar-refractivity contribution < 1.29 is 13.2 Å². The van der Waals surface area contributed by atoms with Gasteiger partial charge in [-0.25, -0.2) is 13.1 Å². The van der Waals surface area contributed by atoms with Crippen molar-refractivity contribution in [1.82, 2.24) is 9.29 Å². The third-order valence-electron chi connectivity index (χ3n) is 5.02. The summed E-state index contributed by atoms with van der Waals surface area (Å²) < 4.78 is 28.9. The smallest absolute Gasteiger partial charge is 0.244 e. The summed E-state index contributed by atoms with van der Waals surface area (Å²) in [4.78, 5) is 25.8. The lowest BCUT2D eigenvalue weighted by atomic mass is 10.1. The summed E-state index contributed by atoms with van der Waals surface area (Å²) in [6.45, 7) is 3.49. The maximum absolute atomic E-state index is 12.8. The third-order valence-corrected chi connectivity index (χ3v) is 6.69. The van der Waals surface area contributed by atoms with E-state index in [1.807, 2.05) is 28.8 Å². The number of pyridine rings is 1. The van der Waals surface area contributed by atoms with E-state index in [0.717, 1.165) is 0 Å². The van der Waals surface area contributed by atoms with Crippen LogP contribution in [-0.2, 0) is 21.4 Å². The number of hydrogen-bond donors (Lipinski definition) is 2. The number of anilines is 1. The molecule has 0 aliphatic carbocycles. The number of para-hydroxylation sites is 2. The van der Waals surface area contributed by atoms with E-state index < -0.39 is 10.0 Å². The second kappa shape index (κ2) is 8.57. The number of carbonyl (C=O) groups excluding carboxylic acids is 1. The van der Waals surface area contributed by atoms with Crippen molar-refractivity contribution in [2.24, 2.45) is 0 Å². The van der Waals surface area contributed by atoms with Gasteiger partial charge >= 0.3 is 0 Å².